The van der Waals surface area contributed by atoms with Crippen molar-refractivity contribution >= 4 is 23.2 Å². The molecule has 4 aliphatic heterocycles. The lowest BCUT2D eigenvalue weighted by atomic mass is 9.69. The minimum atomic E-state index is -0.539. The van der Waals surface area contributed by atoms with Gasteiger partial charge >= 0.3 is 0 Å². The largest absolute Gasteiger partial charge is 0.294 e. The molecule has 0 aromatic heterocycles. The summed E-state index contributed by atoms with van der Waals surface area (Å²) in [6.45, 7) is 8.43. The highest BCUT2D eigenvalue weighted by Crippen LogP contribution is 2.48. The number of hydrogen-bond acceptors (Lipinski definition) is 4. The fourth-order valence-corrected chi connectivity index (χ4v) is 9.86. The fourth-order valence-electron chi connectivity index (χ4n) is 9.86. The zero-order chi connectivity index (χ0) is 35.0. The third-order valence-corrected chi connectivity index (χ3v) is 12.9. The summed E-state index contributed by atoms with van der Waals surface area (Å²) in [5.74, 6) is 1.88. The zero-order valence-electron chi connectivity index (χ0n) is 30.2. The number of benzene rings is 4. The van der Waals surface area contributed by atoms with Gasteiger partial charge in [0.15, 0.2) is 0 Å². The molecule has 4 fully saturated rings. The molecule has 4 heterocycles. The maximum absolute atomic E-state index is 13.8. The van der Waals surface area contributed by atoms with E-state index in [1.807, 2.05) is 58.3 Å². The van der Waals surface area contributed by atoms with Crippen LogP contribution in [0.4, 0.5) is 11.4 Å². The van der Waals surface area contributed by atoms with Gasteiger partial charge in [-0.1, -0.05) is 116 Å². The molecular weight excluding hydrogens is 629 g/mol. The smallest absolute Gasteiger partial charge is 0.242 e. The monoisotopic (exact) mass is 680 g/mol. The van der Waals surface area contributed by atoms with Gasteiger partial charge in [-0.3, -0.25) is 29.2 Å². The second-order valence-corrected chi connectivity index (χ2v) is 15.8. The van der Waals surface area contributed by atoms with Gasteiger partial charge in [-0.05, 0) is 86.8 Å². The number of β-lactam (4-membered cyclic amide) rings is 2. The topological polar surface area (TPSA) is 47.1 Å². The molecule has 264 valence electrons. The van der Waals surface area contributed by atoms with Crippen LogP contribution in [0, 0.1) is 11.8 Å². The molecule has 0 radical (unpaired) electrons. The van der Waals surface area contributed by atoms with Gasteiger partial charge in [-0.15, -0.1) is 0 Å². The molecule has 0 spiro atoms. The number of carbonyl (C=O) groups excluding carboxylic acids is 2. The summed E-state index contributed by atoms with van der Waals surface area (Å²) in [6.07, 6.45) is 8.72. The van der Waals surface area contributed by atoms with E-state index in [1.165, 1.54) is 44.9 Å². The van der Waals surface area contributed by atoms with Crippen molar-refractivity contribution in [3.8, 4) is 0 Å². The number of anilines is 2. The maximum Gasteiger partial charge on any atom is 0.242 e. The summed E-state index contributed by atoms with van der Waals surface area (Å²) in [5, 5.41) is 0. The number of piperidine rings is 2. The third-order valence-electron chi connectivity index (χ3n) is 12.9. The Morgan fingerprint density at radius 1 is 0.490 bits per heavy atom. The third kappa shape index (κ3) is 5.90. The first-order valence-electron chi connectivity index (χ1n) is 19.3. The van der Waals surface area contributed by atoms with Gasteiger partial charge in [-0.2, -0.15) is 0 Å². The molecule has 4 unspecified atom stereocenters. The first-order chi connectivity index (χ1) is 24.9. The molecule has 8 rings (SSSR count). The van der Waals surface area contributed by atoms with Crippen LogP contribution in [-0.4, -0.2) is 60.1 Å². The molecule has 6 heteroatoms. The van der Waals surface area contributed by atoms with E-state index in [9.17, 15) is 9.59 Å². The van der Waals surface area contributed by atoms with E-state index in [2.05, 4.69) is 96.4 Å². The average molecular weight is 681 g/mol. The molecule has 2 amide bonds. The van der Waals surface area contributed by atoms with Gasteiger partial charge in [-0.25, -0.2) is 0 Å². The first kappa shape index (κ1) is 33.9. The van der Waals surface area contributed by atoms with Crippen molar-refractivity contribution in [1.29, 1.82) is 0 Å². The summed E-state index contributed by atoms with van der Waals surface area (Å²) < 4.78 is 0. The van der Waals surface area contributed by atoms with Crippen LogP contribution in [0.5, 0.6) is 0 Å². The van der Waals surface area contributed by atoms with Crippen molar-refractivity contribution < 1.29 is 9.59 Å². The highest BCUT2D eigenvalue weighted by Gasteiger charge is 2.62. The number of likely N-dealkylation sites (tertiary alicyclic amines) is 2. The van der Waals surface area contributed by atoms with E-state index in [-0.39, 0.29) is 24.1 Å². The molecular formula is C45H52N4O2. The predicted molar refractivity (Wildman–Crippen MR) is 205 cm³/mol. The molecule has 4 aliphatic rings. The molecule has 0 bridgehead atoms. The van der Waals surface area contributed by atoms with Crippen molar-refractivity contribution in [2.24, 2.45) is 11.8 Å². The number of nitrogens with zero attached hydrogens (tertiary/aromatic N) is 4. The zero-order valence-corrected chi connectivity index (χ0v) is 30.2. The van der Waals surface area contributed by atoms with Crippen molar-refractivity contribution in [3.05, 3.63) is 132 Å². The van der Waals surface area contributed by atoms with E-state index >= 15 is 0 Å². The number of hydrogen-bond donors (Lipinski definition) is 0. The van der Waals surface area contributed by atoms with Crippen LogP contribution in [0.15, 0.2) is 121 Å². The van der Waals surface area contributed by atoms with Gasteiger partial charge in [0.1, 0.15) is 23.2 Å². The Hall–Kier alpha value is -4.26. The first-order valence-corrected chi connectivity index (χ1v) is 19.3. The highest BCUT2D eigenvalue weighted by atomic mass is 16.2. The molecule has 4 saturated heterocycles. The van der Waals surface area contributed by atoms with Gasteiger partial charge < -0.3 is 0 Å². The molecule has 4 atom stereocenters. The van der Waals surface area contributed by atoms with Crippen LogP contribution in [-0.2, 0) is 20.4 Å². The van der Waals surface area contributed by atoms with E-state index < -0.39 is 10.8 Å². The van der Waals surface area contributed by atoms with Crippen LogP contribution >= 0.6 is 0 Å². The second kappa shape index (κ2) is 14.0. The fraction of sp³-hybridized carbons (Fsp3) is 0.422. The Morgan fingerprint density at radius 3 is 1.14 bits per heavy atom. The lowest BCUT2D eigenvalue weighted by Crippen LogP contribution is -2.76. The highest BCUT2D eigenvalue weighted by molar-refractivity contribution is 6.10. The molecule has 0 N–H and O–H groups in total. The number of amides is 2. The minimum absolute atomic E-state index is 0.0356. The number of carbonyl (C=O) groups is 2. The minimum Gasteiger partial charge on any atom is -0.294 e. The van der Waals surface area contributed by atoms with Gasteiger partial charge in [0.2, 0.25) is 11.8 Å². The lowest BCUT2D eigenvalue weighted by Gasteiger charge is -2.59. The summed E-state index contributed by atoms with van der Waals surface area (Å²) in [6, 6.07) is 41.2. The average Bonchev–Trinajstić information content (AvgIpc) is 3.20. The van der Waals surface area contributed by atoms with Crippen molar-refractivity contribution in [2.45, 2.75) is 82.0 Å². The van der Waals surface area contributed by atoms with Crippen molar-refractivity contribution in [3.63, 3.8) is 0 Å². The molecule has 4 aromatic rings. The number of para-hydroxylation sites is 2. The van der Waals surface area contributed by atoms with Gasteiger partial charge in [0, 0.05) is 37.6 Å². The lowest BCUT2D eigenvalue weighted by molar-refractivity contribution is -0.139. The Labute approximate surface area is 304 Å². The Kier molecular flexibility index (Phi) is 9.32. The van der Waals surface area contributed by atoms with Crippen LogP contribution in [0.2, 0.25) is 0 Å². The van der Waals surface area contributed by atoms with E-state index in [1.54, 1.807) is 0 Å². The van der Waals surface area contributed by atoms with Gasteiger partial charge in [0.25, 0.3) is 0 Å². The Morgan fingerprint density at radius 2 is 0.804 bits per heavy atom. The van der Waals surface area contributed by atoms with Crippen molar-refractivity contribution in [2.75, 3.05) is 36.0 Å². The normalized spacial score (nSPS) is 28.0. The molecule has 0 saturated carbocycles. The van der Waals surface area contributed by atoms with E-state index in [0.29, 0.717) is 0 Å². The quantitative estimate of drug-likeness (QED) is 0.158. The molecule has 51 heavy (non-hydrogen) atoms. The summed E-state index contributed by atoms with van der Waals surface area (Å²) in [5.41, 5.74) is 3.14. The van der Waals surface area contributed by atoms with E-state index in [4.69, 9.17) is 0 Å². The summed E-state index contributed by atoms with van der Waals surface area (Å²) in [7, 11) is 0. The predicted octanol–water partition coefficient (Wildman–Crippen LogP) is 8.24. The Balaban J connectivity index is 0.856. The number of rotatable bonds is 10. The van der Waals surface area contributed by atoms with Crippen LogP contribution in [0.25, 0.3) is 0 Å². The van der Waals surface area contributed by atoms with Gasteiger partial charge in [0.05, 0.1) is 0 Å². The SMILES string of the molecule is CC1(c2ccccc2)C(=O)N(c2ccccc2)C1N1CCC(CCCC2CCN(C3N(c4ccccc4)C(=O)C3(C)c3ccccc3)CC2)CC1. The molecule has 4 aromatic carbocycles. The van der Waals surface area contributed by atoms with E-state index in [0.717, 1.165) is 60.5 Å². The maximum atomic E-state index is 13.8. The van der Waals surface area contributed by atoms with Crippen molar-refractivity contribution in [1.82, 2.24) is 9.80 Å². The molecule has 0 aliphatic carbocycles. The standard InChI is InChI=1S/C45H52N4O2/c1-44(36-18-7-3-8-19-36)40(48(42(44)50)38-22-11-5-12-23-38)46-30-26-34(27-31-46)16-15-17-35-28-32-47(33-29-35)41-45(2,37-20-9-4-10-21-37)43(51)49(41)39-24-13-6-14-25-39/h3-14,18-25,34-35,40-41H,15-17,26-33H2,1-2H3. The summed E-state index contributed by atoms with van der Waals surface area (Å²) in [4.78, 5) is 36.9. The summed E-state index contributed by atoms with van der Waals surface area (Å²) >= 11 is 0. The second-order valence-electron chi connectivity index (χ2n) is 15.8. The van der Waals surface area contributed by atoms with Crippen LogP contribution in [0.1, 0.15) is 69.9 Å². The van der Waals surface area contributed by atoms with Crippen LogP contribution < -0.4 is 9.80 Å². The van der Waals surface area contributed by atoms with Crippen LogP contribution in [0.3, 0.4) is 0 Å². The Bertz CT molecular complexity index is 1650. The molecule has 6 nitrogen and oxygen atoms in total.